The van der Waals surface area contributed by atoms with Gasteiger partial charge in [0.2, 0.25) is 0 Å². The number of aryl methyl sites for hydroxylation is 1. The van der Waals surface area contributed by atoms with Gasteiger partial charge in [-0.3, -0.25) is 19.7 Å². The zero-order valence-corrected chi connectivity index (χ0v) is 18.6. The maximum atomic E-state index is 13.2. The van der Waals surface area contributed by atoms with Crippen molar-refractivity contribution in [2.45, 2.75) is 24.6 Å². The Bertz CT molecular complexity index is 1050. The van der Waals surface area contributed by atoms with Crippen LogP contribution >= 0.6 is 23.4 Å². The van der Waals surface area contributed by atoms with E-state index in [9.17, 15) is 19.7 Å². The second-order valence-corrected chi connectivity index (χ2v) is 9.70. The number of carbonyl (C=O) groups excluding carboxylic acids is 2. The summed E-state index contributed by atoms with van der Waals surface area (Å²) >= 11 is 7.93. The number of nitro benzene ring substituents is 1. The highest BCUT2D eigenvalue weighted by Gasteiger charge is 2.47. The standard InChI is InChI=1S/C22H22ClN3O4S/c1-15-3-2-4-16(13-15)20(27)25-11-12-31-22(25)7-9-24(10-8-22)21(28)18-6-5-17(26(29)30)14-19(18)23/h2-6,13-14H,7-12H2,1H3. The predicted octanol–water partition coefficient (Wildman–Crippen LogP) is 4.38. The Labute approximate surface area is 189 Å². The summed E-state index contributed by atoms with van der Waals surface area (Å²) < 4.78 is 0. The van der Waals surface area contributed by atoms with E-state index in [-0.39, 0.29) is 33.0 Å². The van der Waals surface area contributed by atoms with E-state index < -0.39 is 4.92 Å². The van der Waals surface area contributed by atoms with Gasteiger partial charge in [0.1, 0.15) is 0 Å². The average Bonchev–Trinajstić information content (AvgIpc) is 3.16. The molecule has 2 aliphatic heterocycles. The van der Waals surface area contributed by atoms with Crippen LogP contribution in [0, 0.1) is 17.0 Å². The van der Waals surface area contributed by atoms with Crippen molar-refractivity contribution in [2.75, 3.05) is 25.4 Å². The molecule has 0 atom stereocenters. The third kappa shape index (κ3) is 4.14. The number of nitrogens with zero attached hydrogens (tertiary/aromatic N) is 3. The number of carbonyl (C=O) groups is 2. The normalized spacial score (nSPS) is 17.7. The van der Waals surface area contributed by atoms with Crippen molar-refractivity contribution < 1.29 is 14.5 Å². The number of non-ortho nitro benzene ring substituents is 1. The Kier molecular flexibility index (Phi) is 5.94. The molecule has 4 rings (SSSR count). The van der Waals surface area contributed by atoms with Gasteiger partial charge in [-0.15, -0.1) is 11.8 Å². The molecule has 0 saturated carbocycles. The summed E-state index contributed by atoms with van der Waals surface area (Å²) in [5, 5.41) is 11.0. The van der Waals surface area contributed by atoms with Crippen molar-refractivity contribution in [3.05, 3.63) is 74.3 Å². The molecular weight excluding hydrogens is 438 g/mol. The minimum absolute atomic E-state index is 0.0342. The molecule has 0 bridgehead atoms. The van der Waals surface area contributed by atoms with Crippen molar-refractivity contribution in [3.8, 4) is 0 Å². The predicted molar refractivity (Wildman–Crippen MR) is 121 cm³/mol. The monoisotopic (exact) mass is 459 g/mol. The van der Waals surface area contributed by atoms with Crippen LogP contribution in [-0.2, 0) is 0 Å². The molecular formula is C22H22ClN3O4S. The van der Waals surface area contributed by atoms with E-state index in [2.05, 4.69) is 0 Å². The van der Waals surface area contributed by atoms with Crippen LogP contribution in [0.2, 0.25) is 5.02 Å². The quantitative estimate of drug-likeness (QED) is 0.502. The van der Waals surface area contributed by atoms with Gasteiger partial charge in [-0.25, -0.2) is 0 Å². The second kappa shape index (κ2) is 8.51. The number of likely N-dealkylation sites (tertiary alicyclic amines) is 1. The highest BCUT2D eigenvalue weighted by molar-refractivity contribution is 8.00. The molecule has 2 heterocycles. The summed E-state index contributed by atoms with van der Waals surface area (Å²) in [6, 6.07) is 11.5. The van der Waals surface area contributed by atoms with Crippen LogP contribution in [0.15, 0.2) is 42.5 Å². The maximum Gasteiger partial charge on any atom is 0.270 e. The lowest BCUT2D eigenvalue weighted by Crippen LogP contribution is -2.53. The third-order valence-corrected chi connectivity index (χ3v) is 7.78. The Morgan fingerprint density at radius 2 is 1.84 bits per heavy atom. The maximum absolute atomic E-state index is 13.2. The Hall–Kier alpha value is -2.58. The summed E-state index contributed by atoms with van der Waals surface area (Å²) in [6.45, 7) is 3.66. The molecule has 0 N–H and O–H groups in total. The first-order valence-electron chi connectivity index (χ1n) is 10.1. The third-order valence-electron chi connectivity index (χ3n) is 5.91. The summed E-state index contributed by atoms with van der Waals surface area (Å²) in [4.78, 5) is 39.9. The van der Waals surface area contributed by atoms with E-state index in [0.717, 1.165) is 11.3 Å². The molecule has 1 spiro atoms. The number of nitro groups is 1. The van der Waals surface area contributed by atoms with Gasteiger partial charge in [-0.2, -0.15) is 0 Å². The molecule has 0 radical (unpaired) electrons. The molecule has 2 amide bonds. The van der Waals surface area contributed by atoms with Crippen LogP contribution in [0.3, 0.4) is 0 Å². The highest BCUT2D eigenvalue weighted by atomic mass is 35.5. The molecule has 2 fully saturated rings. The minimum Gasteiger partial charge on any atom is -0.338 e. The lowest BCUT2D eigenvalue weighted by molar-refractivity contribution is -0.384. The second-order valence-electron chi connectivity index (χ2n) is 7.83. The van der Waals surface area contributed by atoms with Crippen molar-refractivity contribution in [3.63, 3.8) is 0 Å². The SMILES string of the molecule is Cc1cccc(C(=O)N2CCSC23CCN(C(=O)c2ccc([N+](=O)[O-])cc2Cl)CC3)c1. The van der Waals surface area contributed by atoms with Crippen molar-refractivity contribution in [1.29, 1.82) is 0 Å². The first-order chi connectivity index (χ1) is 14.8. The van der Waals surface area contributed by atoms with E-state index in [0.29, 0.717) is 38.0 Å². The topological polar surface area (TPSA) is 83.8 Å². The Balaban J connectivity index is 1.48. The van der Waals surface area contributed by atoms with E-state index in [1.807, 2.05) is 36.1 Å². The summed E-state index contributed by atoms with van der Waals surface area (Å²) in [5.74, 6) is 0.667. The molecule has 7 nitrogen and oxygen atoms in total. The van der Waals surface area contributed by atoms with Gasteiger partial charge in [0.25, 0.3) is 17.5 Å². The molecule has 2 saturated heterocycles. The molecule has 2 aromatic carbocycles. The van der Waals surface area contributed by atoms with Crippen LogP contribution in [0.1, 0.15) is 39.1 Å². The largest absolute Gasteiger partial charge is 0.338 e. The lowest BCUT2D eigenvalue weighted by atomic mass is 9.99. The fourth-order valence-electron chi connectivity index (χ4n) is 4.26. The van der Waals surface area contributed by atoms with E-state index >= 15 is 0 Å². The summed E-state index contributed by atoms with van der Waals surface area (Å²) in [6.07, 6.45) is 1.34. The highest BCUT2D eigenvalue weighted by Crippen LogP contribution is 2.45. The van der Waals surface area contributed by atoms with Crippen LogP contribution in [0.5, 0.6) is 0 Å². The van der Waals surface area contributed by atoms with Gasteiger partial charge in [0.05, 0.1) is 20.4 Å². The molecule has 9 heteroatoms. The molecule has 0 aliphatic carbocycles. The molecule has 2 aliphatic rings. The van der Waals surface area contributed by atoms with E-state index in [1.54, 1.807) is 16.7 Å². The van der Waals surface area contributed by atoms with E-state index in [4.69, 9.17) is 11.6 Å². The molecule has 31 heavy (non-hydrogen) atoms. The van der Waals surface area contributed by atoms with Gasteiger partial charge in [-0.1, -0.05) is 29.3 Å². The first kappa shape index (κ1) is 21.6. The number of piperidine rings is 1. The van der Waals surface area contributed by atoms with Crippen molar-refractivity contribution >= 4 is 40.9 Å². The average molecular weight is 460 g/mol. The van der Waals surface area contributed by atoms with Crippen LogP contribution in [-0.4, -0.2) is 56.8 Å². The lowest BCUT2D eigenvalue weighted by Gasteiger charge is -2.44. The molecule has 0 aromatic heterocycles. The van der Waals surface area contributed by atoms with Gasteiger partial charge >= 0.3 is 0 Å². The van der Waals surface area contributed by atoms with Crippen LogP contribution in [0.4, 0.5) is 5.69 Å². The number of hydrogen-bond donors (Lipinski definition) is 0. The van der Waals surface area contributed by atoms with Gasteiger partial charge in [0.15, 0.2) is 0 Å². The number of thioether (sulfide) groups is 1. The van der Waals surface area contributed by atoms with Gasteiger partial charge in [-0.05, 0) is 38.0 Å². The summed E-state index contributed by atoms with van der Waals surface area (Å²) in [7, 11) is 0. The van der Waals surface area contributed by atoms with Crippen LogP contribution in [0.25, 0.3) is 0 Å². The Morgan fingerprint density at radius 1 is 1.10 bits per heavy atom. The zero-order valence-electron chi connectivity index (χ0n) is 17.0. The Morgan fingerprint density at radius 3 is 2.48 bits per heavy atom. The van der Waals surface area contributed by atoms with Gasteiger partial charge < -0.3 is 9.80 Å². The molecule has 162 valence electrons. The number of benzene rings is 2. The fourth-order valence-corrected chi connectivity index (χ4v) is 5.97. The minimum atomic E-state index is -0.540. The molecule has 0 unspecified atom stereocenters. The number of amides is 2. The van der Waals surface area contributed by atoms with Crippen molar-refractivity contribution in [2.24, 2.45) is 0 Å². The first-order valence-corrected chi connectivity index (χ1v) is 11.4. The number of halogens is 1. The summed E-state index contributed by atoms with van der Waals surface area (Å²) in [5.41, 5.74) is 1.85. The van der Waals surface area contributed by atoms with Crippen LogP contribution < -0.4 is 0 Å². The number of rotatable bonds is 3. The molecule has 2 aromatic rings. The fraction of sp³-hybridized carbons (Fsp3) is 0.364. The van der Waals surface area contributed by atoms with Gasteiger partial charge in [0, 0.05) is 43.1 Å². The zero-order chi connectivity index (χ0) is 22.2. The van der Waals surface area contributed by atoms with Crippen molar-refractivity contribution in [1.82, 2.24) is 9.80 Å². The number of hydrogen-bond acceptors (Lipinski definition) is 5. The van der Waals surface area contributed by atoms with E-state index in [1.165, 1.54) is 18.2 Å². The smallest absolute Gasteiger partial charge is 0.270 e.